The first kappa shape index (κ1) is 19.6. The first-order valence-corrected chi connectivity index (χ1v) is 11.9. The van der Waals surface area contributed by atoms with Crippen molar-refractivity contribution in [1.82, 2.24) is 4.90 Å². The summed E-state index contributed by atoms with van der Waals surface area (Å²) in [5.41, 5.74) is 1.21. The molecule has 0 aromatic heterocycles. The molecule has 7 heteroatoms. The van der Waals surface area contributed by atoms with Crippen molar-refractivity contribution in [3.63, 3.8) is 0 Å². The Labute approximate surface area is 185 Å². The molecule has 5 unspecified atom stereocenters. The van der Waals surface area contributed by atoms with Crippen molar-refractivity contribution in [3.05, 3.63) is 35.4 Å². The van der Waals surface area contributed by atoms with E-state index in [0.717, 1.165) is 25.1 Å². The van der Waals surface area contributed by atoms with Gasteiger partial charge in [-0.15, -0.1) is 0 Å². The predicted octanol–water partition coefficient (Wildman–Crippen LogP) is 3.13. The van der Waals surface area contributed by atoms with Crippen LogP contribution in [0.5, 0.6) is 11.5 Å². The Bertz CT molecular complexity index is 1050. The fourth-order valence-electron chi connectivity index (χ4n) is 6.31. The molecule has 0 N–H and O–H groups in total. The second-order valence-corrected chi connectivity index (χ2v) is 10.8. The van der Waals surface area contributed by atoms with Crippen LogP contribution in [0.25, 0.3) is 0 Å². The molecule has 1 saturated carbocycles. The van der Waals surface area contributed by atoms with E-state index in [1.54, 1.807) is 13.0 Å². The smallest absolute Gasteiger partial charge is 0.308 e. The van der Waals surface area contributed by atoms with Crippen LogP contribution < -0.4 is 9.47 Å². The van der Waals surface area contributed by atoms with Crippen LogP contribution in [0.1, 0.15) is 49.0 Å². The molecule has 5 aliphatic rings. The molecule has 2 aliphatic heterocycles. The van der Waals surface area contributed by atoms with Crippen LogP contribution in [-0.4, -0.2) is 52.3 Å². The zero-order chi connectivity index (χ0) is 21.5. The average molecular weight is 440 g/mol. The van der Waals surface area contributed by atoms with Gasteiger partial charge in [-0.2, -0.15) is 0 Å². The van der Waals surface area contributed by atoms with Gasteiger partial charge in [0.1, 0.15) is 6.10 Å². The first-order chi connectivity index (χ1) is 14.9. The number of Topliss-reactive ketones (excluding diaryl/α,β-unsaturated/α-hetero) is 1. The van der Waals surface area contributed by atoms with E-state index < -0.39 is 5.97 Å². The highest BCUT2D eigenvalue weighted by atomic mass is 32.2. The number of ether oxygens (including phenoxy) is 2. The van der Waals surface area contributed by atoms with E-state index in [1.165, 1.54) is 31.5 Å². The maximum absolute atomic E-state index is 13.8. The topological polar surface area (TPSA) is 72.9 Å². The van der Waals surface area contributed by atoms with Gasteiger partial charge in [0, 0.05) is 42.9 Å². The fourth-order valence-corrected chi connectivity index (χ4v) is 7.28. The van der Waals surface area contributed by atoms with Gasteiger partial charge >= 0.3 is 5.97 Å². The Morgan fingerprint density at radius 1 is 1.26 bits per heavy atom. The van der Waals surface area contributed by atoms with Crippen LogP contribution in [0.3, 0.4) is 0 Å². The molecule has 162 valence electrons. The summed E-state index contributed by atoms with van der Waals surface area (Å²) in [6, 6.07) is 3.30. The number of hydrogen-bond donors (Lipinski definition) is 0. The third-order valence-corrected chi connectivity index (χ3v) is 8.57. The normalized spacial score (nSPS) is 34.8. The van der Waals surface area contributed by atoms with Gasteiger partial charge in [0.05, 0.1) is 11.3 Å². The van der Waals surface area contributed by atoms with E-state index >= 15 is 0 Å². The van der Waals surface area contributed by atoms with E-state index in [2.05, 4.69) is 17.1 Å². The monoisotopic (exact) mass is 439 g/mol. The van der Waals surface area contributed by atoms with E-state index in [1.807, 2.05) is 6.07 Å². The van der Waals surface area contributed by atoms with E-state index in [0.29, 0.717) is 23.0 Å². The van der Waals surface area contributed by atoms with Gasteiger partial charge in [0.2, 0.25) is 0 Å². The summed E-state index contributed by atoms with van der Waals surface area (Å²) in [6.07, 6.45) is 7.32. The fraction of sp³-hybridized carbons (Fsp3) is 0.542. The molecule has 31 heavy (non-hydrogen) atoms. The molecule has 0 amide bonds. The number of esters is 1. The Hall–Kier alpha value is -2.12. The number of carbonyl (C=O) groups excluding carboxylic acids is 3. The van der Waals surface area contributed by atoms with Gasteiger partial charge < -0.3 is 9.47 Å². The maximum Gasteiger partial charge on any atom is 0.308 e. The average Bonchev–Trinajstić information content (AvgIpc) is 3.46. The lowest BCUT2D eigenvalue weighted by Gasteiger charge is -2.56. The number of hydrogen-bond acceptors (Lipinski definition) is 7. The zero-order valence-electron chi connectivity index (χ0n) is 17.6. The van der Waals surface area contributed by atoms with Gasteiger partial charge in [-0.1, -0.05) is 23.9 Å². The Morgan fingerprint density at radius 3 is 2.77 bits per heavy atom. The summed E-state index contributed by atoms with van der Waals surface area (Å²) in [4.78, 5) is 39.9. The number of likely N-dealkylation sites (tertiary alicyclic amines) is 1. The molecule has 6 rings (SSSR count). The second kappa shape index (κ2) is 6.69. The molecule has 6 nitrogen and oxygen atoms in total. The molecular weight excluding hydrogens is 414 g/mol. The number of rotatable bonds is 4. The van der Waals surface area contributed by atoms with Gasteiger partial charge in [0.25, 0.3) is 0 Å². The molecule has 2 heterocycles. The van der Waals surface area contributed by atoms with Gasteiger partial charge in [-0.3, -0.25) is 19.3 Å². The molecule has 1 aromatic carbocycles. The molecule has 1 saturated heterocycles. The summed E-state index contributed by atoms with van der Waals surface area (Å²) in [6.45, 7) is 4.75. The number of thioether (sulfide) groups is 1. The minimum atomic E-state index is -0.421. The zero-order valence-corrected chi connectivity index (χ0v) is 18.4. The van der Waals surface area contributed by atoms with Crippen LogP contribution in [0.4, 0.5) is 0 Å². The van der Waals surface area contributed by atoms with Crippen molar-refractivity contribution in [2.24, 2.45) is 11.8 Å². The molecular formula is C24H25NO5S. The van der Waals surface area contributed by atoms with Crippen LogP contribution in [0.15, 0.2) is 24.3 Å². The maximum atomic E-state index is 13.8. The summed E-state index contributed by atoms with van der Waals surface area (Å²) < 4.78 is 12.0. The van der Waals surface area contributed by atoms with Crippen molar-refractivity contribution >= 4 is 28.6 Å². The van der Waals surface area contributed by atoms with Crippen molar-refractivity contribution in [2.75, 3.05) is 13.1 Å². The van der Waals surface area contributed by atoms with E-state index in [9.17, 15) is 14.4 Å². The number of piperidine rings is 1. The molecule has 5 atom stereocenters. The highest BCUT2D eigenvalue weighted by Gasteiger charge is 2.67. The third-order valence-electron chi connectivity index (χ3n) is 7.57. The number of ketones is 1. The number of nitrogens with zero attached hydrogens (tertiary/aromatic N) is 1. The van der Waals surface area contributed by atoms with Gasteiger partial charge in [-0.05, 0) is 43.9 Å². The lowest BCUT2D eigenvalue weighted by Crippen LogP contribution is -2.67. The first-order valence-electron chi connectivity index (χ1n) is 11.1. The van der Waals surface area contributed by atoms with Gasteiger partial charge in [0.15, 0.2) is 22.4 Å². The van der Waals surface area contributed by atoms with Crippen molar-refractivity contribution in [1.29, 1.82) is 0 Å². The van der Waals surface area contributed by atoms with E-state index in [-0.39, 0.29) is 39.6 Å². The lowest BCUT2D eigenvalue weighted by atomic mass is 9.53. The summed E-state index contributed by atoms with van der Waals surface area (Å²) in [5, 5.41) is -0.0953. The van der Waals surface area contributed by atoms with Crippen LogP contribution in [0.2, 0.25) is 0 Å². The molecule has 1 aromatic rings. The second-order valence-electron chi connectivity index (χ2n) is 9.47. The highest BCUT2D eigenvalue weighted by molar-refractivity contribution is 8.14. The summed E-state index contributed by atoms with van der Waals surface area (Å²) in [7, 11) is 0. The number of benzene rings is 1. The van der Waals surface area contributed by atoms with Crippen molar-refractivity contribution < 1.29 is 23.9 Å². The Kier molecular flexibility index (Phi) is 4.22. The largest absolute Gasteiger partial charge is 0.484 e. The van der Waals surface area contributed by atoms with E-state index in [4.69, 9.17) is 9.47 Å². The van der Waals surface area contributed by atoms with Crippen molar-refractivity contribution in [2.45, 2.75) is 55.9 Å². The molecule has 0 radical (unpaired) electrons. The standard InChI is InChI=1S/C24H25NO5S/c1-12(26)29-17-7-5-15-19-22(17)30-23-18(31-13(2)27)8-6-16-20(21(15)28)25(11-14-3-4-14)10-9-24(16,19)23/h5-8,14,16,18,20,23H,3-4,9-11H2,1-2H3. The van der Waals surface area contributed by atoms with Crippen LogP contribution >= 0.6 is 11.8 Å². The SMILES string of the molecule is CC(=O)Oc1ccc2c3c1OC1C(SC(C)=O)C=CC4C(C2=O)N(CC2CC2)CCC341. The minimum Gasteiger partial charge on any atom is -0.484 e. The lowest BCUT2D eigenvalue weighted by molar-refractivity contribution is -0.132. The number of carbonyl (C=O) groups is 3. The van der Waals surface area contributed by atoms with Crippen LogP contribution in [0, 0.1) is 11.8 Å². The third kappa shape index (κ3) is 2.72. The minimum absolute atomic E-state index is 0.00244. The molecule has 3 aliphatic carbocycles. The summed E-state index contributed by atoms with van der Waals surface area (Å²) in [5.74, 6) is 1.31. The molecule has 2 fully saturated rings. The van der Waals surface area contributed by atoms with Crippen molar-refractivity contribution in [3.8, 4) is 11.5 Å². The predicted molar refractivity (Wildman–Crippen MR) is 116 cm³/mol. The molecule has 2 bridgehead atoms. The Balaban J connectivity index is 1.53. The quantitative estimate of drug-likeness (QED) is 0.405. The Morgan fingerprint density at radius 2 is 2.06 bits per heavy atom. The van der Waals surface area contributed by atoms with Gasteiger partial charge in [-0.25, -0.2) is 0 Å². The van der Waals surface area contributed by atoms with Crippen LogP contribution in [-0.2, 0) is 15.0 Å². The highest BCUT2D eigenvalue weighted by Crippen LogP contribution is 2.63. The summed E-state index contributed by atoms with van der Waals surface area (Å²) >= 11 is 1.28. The molecule has 1 spiro atoms.